The van der Waals surface area contributed by atoms with Crippen molar-refractivity contribution in [2.24, 2.45) is 0 Å². The zero-order valence-corrected chi connectivity index (χ0v) is 11.8. The highest BCUT2D eigenvalue weighted by molar-refractivity contribution is 9.10. The maximum atomic E-state index is 13.0. The van der Waals surface area contributed by atoms with E-state index in [-0.39, 0.29) is 5.69 Å². The molecule has 6 heteroatoms. The largest absolute Gasteiger partial charge is 0.380 e. The third kappa shape index (κ3) is 2.87. The third-order valence-electron chi connectivity index (χ3n) is 2.36. The Morgan fingerprint density at radius 3 is 2.28 bits per heavy atom. The van der Waals surface area contributed by atoms with Gasteiger partial charge in [0.05, 0.1) is 0 Å². The van der Waals surface area contributed by atoms with Crippen LogP contribution >= 0.6 is 27.3 Å². The van der Waals surface area contributed by atoms with Gasteiger partial charge in [-0.2, -0.15) is 0 Å². The Labute approximate surface area is 115 Å². The van der Waals surface area contributed by atoms with Crippen molar-refractivity contribution in [3.05, 3.63) is 49.9 Å². The Kier molecular flexibility index (Phi) is 3.97. The summed E-state index contributed by atoms with van der Waals surface area (Å²) < 4.78 is 39.7. The lowest BCUT2D eigenvalue weighted by molar-refractivity contribution is 0.447. The summed E-state index contributed by atoms with van der Waals surface area (Å²) in [4.78, 5) is 2.15. The van der Waals surface area contributed by atoms with Gasteiger partial charge in [0.2, 0.25) is 0 Å². The van der Waals surface area contributed by atoms with E-state index >= 15 is 0 Å². The van der Waals surface area contributed by atoms with E-state index in [1.807, 2.05) is 13.0 Å². The number of aryl methyl sites for hydroxylation is 1. The molecule has 0 atom stereocenters. The van der Waals surface area contributed by atoms with Crippen molar-refractivity contribution in [1.29, 1.82) is 0 Å². The van der Waals surface area contributed by atoms with E-state index in [2.05, 4.69) is 21.2 Å². The summed E-state index contributed by atoms with van der Waals surface area (Å²) in [6, 6.07) is 3.81. The lowest BCUT2D eigenvalue weighted by atomic mass is 10.3. The molecule has 0 radical (unpaired) electrons. The SMILES string of the molecule is Cc1sc(CNc2cc(F)c(F)c(F)c2)cc1Br. The summed E-state index contributed by atoms with van der Waals surface area (Å²) >= 11 is 4.96. The first-order valence-corrected chi connectivity index (χ1v) is 6.71. The van der Waals surface area contributed by atoms with Crippen LogP contribution in [-0.4, -0.2) is 0 Å². The van der Waals surface area contributed by atoms with Crippen molar-refractivity contribution in [2.45, 2.75) is 13.5 Å². The molecule has 0 saturated carbocycles. The first-order chi connectivity index (χ1) is 8.47. The molecule has 0 spiro atoms. The number of benzene rings is 1. The van der Waals surface area contributed by atoms with Crippen LogP contribution < -0.4 is 5.32 Å². The molecule has 0 fully saturated rings. The van der Waals surface area contributed by atoms with E-state index in [1.165, 1.54) is 0 Å². The average Bonchev–Trinajstić information content (AvgIpc) is 2.63. The number of hydrogen-bond donors (Lipinski definition) is 1. The standard InChI is InChI=1S/C12H9BrF3NS/c1-6-9(13)4-8(18-6)5-17-7-2-10(14)12(16)11(15)3-7/h2-4,17H,5H2,1H3. The van der Waals surface area contributed by atoms with Crippen LogP contribution in [0.3, 0.4) is 0 Å². The molecule has 0 aliphatic heterocycles. The topological polar surface area (TPSA) is 12.0 Å². The average molecular weight is 336 g/mol. The molecule has 0 saturated heterocycles. The molecule has 0 aliphatic carbocycles. The number of anilines is 1. The van der Waals surface area contributed by atoms with Gasteiger partial charge in [-0.15, -0.1) is 11.3 Å². The molecule has 18 heavy (non-hydrogen) atoms. The molecule has 1 nitrogen and oxygen atoms in total. The maximum Gasteiger partial charge on any atom is 0.194 e. The van der Waals surface area contributed by atoms with Gasteiger partial charge in [0.15, 0.2) is 17.5 Å². The van der Waals surface area contributed by atoms with Crippen LogP contribution in [0.1, 0.15) is 9.75 Å². The molecule has 2 aromatic rings. The number of rotatable bonds is 3. The highest BCUT2D eigenvalue weighted by Crippen LogP contribution is 2.27. The zero-order valence-electron chi connectivity index (χ0n) is 9.36. The third-order valence-corrected chi connectivity index (χ3v) is 4.50. The van der Waals surface area contributed by atoms with Crippen molar-refractivity contribution in [2.75, 3.05) is 5.32 Å². The van der Waals surface area contributed by atoms with Crippen LogP contribution in [0.25, 0.3) is 0 Å². The quantitative estimate of drug-likeness (QED) is 0.790. The minimum Gasteiger partial charge on any atom is -0.380 e. The fourth-order valence-corrected chi connectivity index (χ4v) is 2.99. The Balaban J connectivity index is 2.11. The molecule has 0 aliphatic rings. The van der Waals surface area contributed by atoms with Gasteiger partial charge in [-0.25, -0.2) is 13.2 Å². The van der Waals surface area contributed by atoms with Crippen LogP contribution in [0.15, 0.2) is 22.7 Å². The number of thiophene rings is 1. The van der Waals surface area contributed by atoms with Gasteiger partial charge in [0, 0.05) is 38.6 Å². The van der Waals surface area contributed by atoms with Crippen LogP contribution in [-0.2, 0) is 6.54 Å². The second-order valence-electron chi connectivity index (χ2n) is 3.72. The zero-order chi connectivity index (χ0) is 13.3. The molecule has 2 rings (SSSR count). The molecule has 1 N–H and O–H groups in total. The van der Waals surface area contributed by atoms with Gasteiger partial charge in [0.1, 0.15) is 0 Å². The van der Waals surface area contributed by atoms with Crippen molar-refractivity contribution >= 4 is 33.0 Å². The van der Waals surface area contributed by atoms with Crippen molar-refractivity contribution in [3.63, 3.8) is 0 Å². The Hall–Kier alpha value is -1.01. The molecule has 0 amide bonds. The van der Waals surface area contributed by atoms with Crippen LogP contribution in [0.2, 0.25) is 0 Å². The van der Waals surface area contributed by atoms with E-state index in [0.29, 0.717) is 6.54 Å². The first-order valence-electron chi connectivity index (χ1n) is 5.10. The number of nitrogens with one attached hydrogen (secondary N) is 1. The van der Waals surface area contributed by atoms with E-state index in [4.69, 9.17) is 0 Å². The van der Waals surface area contributed by atoms with Gasteiger partial charge in [-0.3, -0.25) is 0 Å². The Bertz CT molecular complexity index is 540. The molecule has 1 heterocycles. The van der Waals surface area contributed by atoms with Gasteiger partial charge < -0.3 is 5.32 Å². The van der Waals surface area contributed by atoms with Crippen molar-refractivity contribution in [1.82, 2.24) is 0 Å². The van der Waals surface area contributed by atoms with Gasteiger partial charge >= 0.3 is 0 Å². The summed E-state index contributed by atoms with van der Waals surface area (Å²) in [6.07, 6.45) is 0. The lowest BCUT2D eigenvalue weighted by Gasteiger charge is -2.05. The summed E-state index contributed by atoms with van der Waals surface area (Å²) in [6.45, 7) is 2.40. The van der Waals surface area contributed by atoms with Gasteiger partial charge in [-0.1, -0.05) is 0 Å². The van der Waals surface area contributed by atoms with Crippen molar-refractivity contribution < 1.29 is 13.2 Å². The molecule has 1 aromatic carbocycles. The number of hydrogen-bond acceptors (Lipinski definition) is 2. The van der Waals surface area contributed by atoms with E-state index in [0.717, 1.165) is 26.4 Å². The first kappa shape index (κ1) is 13.4. The van der Waals surface area contributed by atoms with E-state index in [1.54, 1.807) is 11.3 Å². The van der Waals surface area contributed by atoms with Crippen LogP contribution in [0, 0.1) is 24.4 Å². The van der Waals surface area contributed by atoms with Crippen molar-refractivity contribution in [3.8, 4) is 0 Å². The fourth-order valence-electron chi connectivity index (χ4n) is 1.45. The molecule has 1 aromatic heterocycles. The summed E-state index contributed by atoms with van der Waals surface area (Å²) in [5.74, 6) is -3.84. The Morgan fingerprint density at radius 2 is 1.78 bits per heavy atom. The normalized spacial score (nSPS) is 10.7. The van der Waals surface area contributed by atoms with Crippen LogP contribution in [0.5, 0.6) is 0 Å². The van der Waals surface area contributed by atoms with Gasteiger partial charge in [-0.05, 0) is 28.9 Å². The summed E-state index contributed by atoms with van der Waals surface area (Å²) in [5, 5.41) is 2.85. The number of halogens is 4. The minimum atomic E-state index is -1.45. The van der Waals surface area contributed by atoms with E-state index in [9.17, 15) is 13.2 Å². The summed E-state index contributed by atoms with van der Waals surface area (Å²) in [5.41, 5.74) is 0.216. The molecular formula is C12H9BrF3NS. The fraction of sp³-hybridized carbons (Fsp3) is 0.167. The molecular weight excluding hydrogens is 327 g/mol. The highest BCUT2D eigenvalue weighted by Gasteiger charge is 2.10. The highest BCUT2D eigenvalue weighted by atomic mass is 79.9. The second kappa shape index (κ2) is 5.32. The summed E-state index contributed by atoms with van der Waals surface area (Å²) in [7, 11) is 0. The Morgan fingerprint density at radius 1 is 1.17 bits per heavy atom. The smallest absolute Gasteiger partial charge is 0.194 e. The van der Waals surface area contributed by atoms with E-state index < -0.39 is 17.5 Å². The van der Waals surface area contributed by atoms with Crippen LogP contribution in [0.4, 0.5) is 18.9 Å². The predicted octanol–water partition coefficient (Wildman–Crippen LogP) is 4.85. The monoisotopic (exact) mass is 335 g/mol. The predicted molar refractivity (Wildman–Crippen MR) is 70.4 cm³/mol. The molecule has 0 unspecified atom stereocenters. The minimum absolute atomic E-state index is 0.216. The maximum absolute atomic E-state index is 13.0. The van der Waals surface area contributed by atoms with Gasteiger partial charge in [0.25, 0.3) is 0 Å². The molecule has 0 bridgehead atoms. The lowest BCUT2D eigenvalue weighted by Crippen LogP contribution is -2.00. The second-order valence-corrected chi connectivity index (χ2v) is 5.92. The molecule has 96 valence electrons.